The van der Waals surface area contributed by atoms with Crippen LogP contribution in [-0.4, -0.2) is 28.4 Å². The zero-order valence-electron chi connectivity index (χ0n) is 20.6. The van der Waals surface area contributed by atoms with Crippen LogP contribution in [0, 0.1) is 0 Å². The predicted octanol–water partition coefficient (Wildman–Crippen LogP) is 7.13. The number of carboxylic acid groups (broad SMARTS) is 1. The second-order valence-corrected chi connectivity index (χ2v) is 9.17. The van der Waals surface area contributed by atoms with Crippen molar-refractivity contribution in [3.63, 3.8) is 0 Å². The number of hydrogen-bond acceptors (Lipinski definition) is 2. The van der Waals surface area contributed by atoms with E-state index >= 15 is 0 Å². The van der Waals surface area contributed by atoms with Gasteiger partial charge in [0.2, 0.25) is 0 Å². The van der Waals surface area contributed by atoms with Gasteiger partial charge in [0.1, 0.15) is 0 Å². The number of para-hydroxylation sites is 1. The summed E-state index contributed by atoms with van der Waals surface area (Å²) in [6.07, 6.45) is 1.57. The Morgan fingerprint density at radius 3 is 2.25 bits per heavy atom. The summed E-state index contributed by atoms with van der Waals surface area (Å²) in [5.74, 6) is -0.914. The molecule has 5 aromatic rings. The van der Waals surface area contributed by atoms with E-state index in [-0.39, 0.29) is 0 Å². The maximum atomic E-state index is 11.4. The van der Waals surface area contributed by atoms with E-state index in [1.54, 1.807) is 0 Å². The topological polar surface area (TPSA) is 51.5 Å². The molecule has 0 amide bonds. The lowest BCUT2D eigenvalue weighted by Crippen LogP contribution is -2.26. The average Bonchev–Trinajstić information content (AvgIpc) is 3.23. The first-order chi connectivity index (χ1) is 17.6. The van der Waals surface area contributed by atoms with Gasteiger partial charge in [-0.2, -0.15) is 0 Å². The number of rotatable bonds is 10. The van der Waals surface area contributed by atoms with E-state index in [4.69, 9.17) is 4.74 Å². The van der Waals surface area contributed by atoms with Crippen molar-refractivity contribution in [1.82, 2.24) is 4.57 Å². The molecule has 0 aliphatic carbocycles. The van der Waals surface area contributed by atoms with E-state index in [2.05, 4.69) is 89.5 Å². The van der Waals surface area contributed by atoms with Crippen LogP contribution in [0.1, 0.15) is 24.5 Å². The average molecular weight is 478 g/mol. The Labute approximate surface area is 211 Å². The summed E-state index contributed by atoms with van der Waals surface area (Å²) in [6.45, 7) is 3.14. The molecular weight excluding hydrogens is 446 g/mol. The largest absolute Gasteiger partial charge is 0.479 e. The van der Waals surface area contributed by atoms with Gasteiger partial charge in [-0.05, 0) is 60.2 Å². The van der Waals surface area contributed by atoms with Gasteiger partial charge in [0, 0.05) is 41.4 Å². The molecular formula is C32H31NO3. The van der Waals surface area contributed by atoms with E-state index in [9.17, 15) is 9.90 Å². The van der Waals surface area contributed by atoms with Gasteiger partial charge in [-0.1, -0.05) is 78.9 Å². The molecule has 4 nitrogen and oxygen atoms in total. The van der Waals surface area contributed by atoms with Crippen LogP contribution >= 0.6 is 0 Å². The van der Waals surface area contributed by atoms with Gasteiger partial charge >= 0.3 is 5.97 Å². The molecule has 1 aromatic heterocycles. The number of nitrogens with zero attached hydrogens (tertiary/aromatic N) is 1. The fourth-order valence-electron chi connectivity index (χ4n) is 5.02. The molecule has 0 bridgehead atoms. The summed E-state index contributed by atoms with van der Waals surface area (Å²) in [4.78, 5) is 11.4. The monoisotopic (exact) mass is 477 g/mol. The first-order valence-corrected chi connectivity index (χ1v) is 12.6. The van der Waals surface area contributed by atoms with E-state index in [1.807, 2.05) is 19.1 Å². The Hall–Kier alpha value is -3.89. The molecule has 0 saturated carbocycles. The number of aromatic nitrogens is 1. The molecule has 4 aromatic carbocycles. The van der Waals surface area contributed by atoms with Crippen molar-refractivity contribution < 1.29 is 14.6 Å². The van der Waals surface area contributed by atoms with Crippen molar-refractivity contribution in [2.24, 2.45) is 0 Å². The third-order valence-corrected chi connectivity index (χ3v) is 6.81. The van der Waals surface area contributed by atoms with Crippen LogP contribution in [0.4, 0.5) is 0 Å². The van der Waals surface area contributed by atoms with Gasteiger partial charge in [0.15, 0.2) is 6.10 Å². The Bertz CT molecular complexity index is 1470. The van der Waals surface area contributed by atoms with Crippen LogP contribution in [0.15, 0.2) is 97.1 Å². The maximum Gasteiger partial charge on any atom is 0.333 e. The highest BCUT2D eigenvalue weighted by atomic mass is 16.5. The molecule has 1 atom stereocenters. The third kappa shape index (κ3) is 5.05. The number of fused-ring (bicyclic) bond motifs is 3. The van der Waals surface area contributed by atoms with E-state index in [0.717, 1.165) is 24.9 Å². The molecule has 0 spiro atoms. The number of carboxylic acids is 1. The number of ether oxygens (including phenoxy) is 1. The Morgan fingerprint density at radius 1 is 0.806 bits per heavy atom. The zero-order valence-corrected chi connectivity index (χ0v) is 20.6. The Kier molecular flexibility index (Phi) is 7.15. The highest BCUT2D eigenvalue weighted by Gasteiger charge is 2.18. The van der Waals surface area contributed by atoms with E-state index in [1.165, 1.54) is 38.5 Å². The quantitative estimate of drug-likeness (QED) is 0.233. The second kappa shape index (κ2) is 10.8. The molecule has 182 valence electrons. The van der Waals surface area contributed by atoms with Gasteiger partial charge in [-0.3, -0.25) is 0 Å². The van der Waals surface area contributed by atoms with Crippen molar-refractivity contribution in [3.8, 4) is 11.1 Å². The number of aryl methyl sites for hydroxylation is 2. The maximum absolute atomic E-state index is 11.4. The summed E-state index contributed by atoms with van der Waals surface area (Å²) < 4.78 is 7.78. The van der Waals surface area contributed by atoms with Gasteiger partial charge in [0.05, 0.1) is 0 Å². The van der Waals surface area contributed by atoms with Crippen molar-refractivity contribution in [2.45, 2.75) is 38.8 Å². The minimum absolute atomic E-state index is 0.385. The van der Waals surface area contributed by atoms with Gasteiger partial charge in [-0.15, -0.1) is 0 Å². The molecule has 5 rings (SSSR count). The number of hydrogen-bond donors (Lipinski definition) is 1. The molecule has 1 unspecified atom stereocenters. The molecule has 4 heteroatoms. The van der Waals surface area contributed by atoms with Crippen LogP contribution in [-0.2, 0) is 28.9 Å². The van der Waals surface area contributed by atoms with Gasteiger partial charge < -0.3 is 14.4 Å². The smallest absolute Gasteiger partial charge is 0.333 e. The summed E-state index contributed by atoms with van der Waals surface area (Å²) in [7, 11) is 0. The first-order valence-electron chi connectivity index (χ1n) is 12.6. The lowest BCUT2D eigenvalue weighted by atomic mass is 10.0. The molecule has 1 N–H and O–H groups in total. The van der Waals surface area contributed by atoms with Crippen LogP contribution in [0.3, 0.4) is 0 Å². The minimum atomic E-state index is -0.914. The highest BCUT2D eigenvalue weighted by molar-refractivity contribution is 6.09. The van der Waals surface area contributed by atoms with Crippen LogP contribution < -0.4 is 0 Å². The van der Waals surface area contributed by atoms with Crippen molar-refractivity contribution in [3.05, 3.63) is 108 Å². The SMILES string of the molecule is CCOC(Cc1ccc(CCCn2c3ccccc3c3cc(-c4ccccc4)ccc32)cc1)C(=O)O. The molecule has 0 saturated heterocycles. The van der Waals surface area contributed by atoms with Gasteiger partial charge in [0.25, 0.3) is 0 Å². The summed E-state index contributed by atoms with van der Waals surface area (Å²) in [6, 6.07) is 34.2. The van der Waals surface area contributed by atoms with Crippen LogP contribution in [0.2, 0.25) is 0 Å². The molecule has 36 heavy (non-hydrogen) atoms. The van der Waals surface area contributed by atoms with Gasteiger partial charge in [-0.25, -0.2) is 4.79 Å². The molecule has 0 aliphatic rings. The predicted molar refractivity (Wildman–Crippen MR) is 146 cm³/mol. The summed E-state index contributed by atoms with van der Waals surface area (Å²) in [5.41, 5.74) is 7.24. The standard InChI is InChI=1S/C32H31NO3/c1-2-36-31(32(34)35)21-24-16-14-23(15-17-24)9-8-20-33-29-13-7-6-12-27(29)28-22-26(18-19-30(28)33)25-10-4-3-5-11-25/h3-7,10-19,22,31H,2,8-9,20-21H2,1H3,(H,34,35). The molecule has 0 aliphatic heterocycles. The Balaban J connectivity index is 1.32. The lowest BCUT2D eigenvalue weighted by Gasteiger charge is -2.13. The van der Waals surface area contributed by atoms with Crippen molar-refractivity contribution in [2.75, 3.05) is 6.61 Å². The zero-order chi connectivity index (χ0) is 24.9. The fraction of sp³-hybridized carbons (Fsp3) is 0.219. The summed E-state index contributed by atoms with van der Waals surface area (Å²) >= 11 is 0. The second-order valence-electron chi connectivity index (χ2n) is 9.17. The number of benzene rings is 4. The lowest BCUT2D eigenvalue weighted by molar-refractivity contribution is -0.149. The Morgan fingerprint density at radius 2 is 1.50 bits per heavy atom. The fourth-order valence-corrected chi connectivity index (χ4v) is 5.02. The van der Waals surface area contributed by atoms with E-state index < -0.39 is 12.1 Å². The molecule has 0 radical (unpaired) electrons. The first kappa shape index (κ1) is 23.8. The molecule has 1 heterocycles. The molecule has 0 fully saturated rings. The minimum Gasteiger partial charge on any atom is -0.479 e. The summed E-state index contributed by atoms with van der Waals surface area (Å²) in [5, 5.41) is 11.9. The number of carbonyl (C=O) groups is 1. The van der Waals surface area contributed by atoms with Crippen LogP contribution in [0.5, 0.6) is 0 Å². The number of aliphatic carboxylic acids is 1. The highest BCUT2D eigenvalue weighted by Crippen LogP contribution is 2.33. The third-order valence-electron chi connectivity index (χ3n) is 6.81. The van der Waals surface area contributed by atoms with E-state index in [0.29, 0.717) is 13.0 Å². The van der Waals surface area contributed by atoms with Crippen LogP contribution in [0.25, 0.3) is 32.9 Å². The van der Waals surface area contributed by atoms with Crippen molar-refractivity contribution >= 4 is 27.8 Å². The normalized spacial score (nSPS) is 12.2. The van der Waals surface area contributed by atoms with Crippen molar-refractivity contribution in [1.29, 1.82) is 0 Å².